The maximum Gasteiger partial charge on any atom is 0.0456 e. The molecule has 0 aliphatic rings. The van der Waals surface area contributed by atoms with Crippen LogP contribution in [0.1, 0.15) is 11.3 Å². The number of para-hydroxylation sites is 1. The molecule has 0 spiro atoms. The molecule has 0 unspecified atom stereocenters. The van der Waals surface area contributed by atoms with Crippen molar-refractivity contribution >= 4 is 22.5 Å². The van der Waals surface area contributed by atoms with Gasteiger partial charge in [0.1, 0.15) is 0 Å². The standard InChI is InChI=1S/C15H12ClN/c16-14-7-3-1-5-11(14)9-13-10-12-6-2-4-8-15(12)17-13/h1-8,10,17H,9H2. The van der Waals surface area contributed by atoms with Gasteiger partial charge in [-0.2, -0.15) is 0 Å². The Bertz CT molecular complexity index is 622. The van der Waals surface area contributed by atoms with Crippen molar-refractivity contribution in [3.05, 3.63) is 70.9 Å². The summed E-state index contributed by atoms with van der Waals surface area (Å²) in [6.45, 7) is 0. The van der Waals surface area contributed by atoms with Gasteiger partial charge in [-0.15, -0.1) is 0 Å². The Hall–Kier alpha value is -1.73. The number of H-pyrrole nitrogens is 1. The average molecular weight is 242 g/mol. The van der Waals surface area contributed by atoms with E-state index in [4.69, 9.17) is 11.6 Å². The number of nitrogens with one attached hydrogen (secondary N) is 1. The van der Waals surface area contributed by atoms with Crippen LogP contribution in [0.25, 0.3) is 10.9 Å². The summed E-state index contributed by atoms with van der Waals surface area (Å²) in [6, 6.07) is 18.4. The van der Waals surface area contributed by atoms with Crippen molar-refractivity contribution in [2.45, 2.75) is 6.42 Å². The van der Waals surface area contributed by atoms with Crippen molar-refractivity contribution in [2.24, 2.45) is 0 Å². The summed E-state index contributed by atoms with van der Waals surface area (Å²) < 4.78 is 0. The second kappa shape index (κ2) is 4.27. The largest absolute Gasteiger partial charge is 0.358 e. The summed E-state index contributed by atoms with van der Waals surface area (Å²) in [7, 11) is 0. The Morgan fingerprint density at radius 3 is 2.53 bits per heavy atom. The predicted molar refractivity (Wildman–Crippen MR) is 72.6 cm³/mol. The van der Waals surface area contributed by atoms with Gasteiger partial charge in [0.2, 0.25) is 0 Å². The molecule has 1 N–H and O–H groups in total. The summed E-state index contributed by atoms with van der Waals surface area (Å²) in [4.78, 5) is 3.41. The molecule has 0 aliphatic carbocycles. The number of aromatic amines is 1. The van der Waals surface area contributed by atoms with Crippen molar-refractivity contribution in [3.63, 3.8) is 0 Å². The van der Waals surface area contributed by atoms with Crippen molar-refractivity contribution in [1.82, 2.24) is 4.98 Å². The van der Waals surface area contributed by atoms with Crippen LogP contribution in [0.5, 0.6) is 0 Å². The van der Waals surface area contributed by atoms with Gasteiger partial charge in [-0.05, 0) is 29.1 Å². The van der Waals surface area contributed by atoms with Crippen LogP contribution in [-0.2, 0) is 6.42 Å². The summed E-state index contributed by atoms with van der Waals surface area (Å²) in [5, 5.41) is 2.07. The minimum atomic E-state index is 0.825. The maximum atomic E-state index is 6.16. The molecule has 3 rings (SSSR count). The van der Waals surface area contributed by atoms with E-state index in [1.807, 2.05) is 24.3 Å². The van der Waals surface area contributed by atoms with Gasteiger partial charge in [0, 0.05) is 22.7 Å². The molecule has 0 saturated carbocycles. The van der Waals surface area contributed by atoms with E-state index in [0.29, 0.717) is 0 Å². The second-order valence-electron chi connectivity index (χ2n) is 4.15. The highest BCUT2D eigenvalue weighted by Crippen LogP contribution is 2.21. The summed E-state index contributed by atoms with van der Waals surface area (Å²) >= 11 is 6.16. The molecule has 17 heavy (non-hydrogen) atoms. The van der Waals surface area contributed by atoms with Gasteiger partial charge in [0.25, 0.3) is 0 Å². The van der Waals surface area contributed by atoms with Gasteiger partial charge in [-0.25, -0.2) is 0 Å². The third-order valence-electron chi connectivity index (χ3n) is 2.92. The first-order valence-corrected chi connectivity index (χ1v) is 6.01. The Kier molecular flexibility index (Phi) is 2.62. The Labute approximate surface area is 105 Å². The molecular weight excluding hydrogens is 230 g/mol. The Morgan fingerprint density at radius 2 is 1.71 bits per heavy atom. The zero-order valence-corrected chi connectivity index (χ0v) is 10.0. The number of benzene rings is 2. The lowest BCUT2D eigenvalue weighted by Crippen LogP contribution is -1.88. The van der Waals surface area contributed by atoms with Crippen molar-refractivity contribution in [2.75, 3.05) is 0 Å². The molecule has 2 aromatic carbocycles. The molecule has 1 aromatic heterocycles. The Balaban J connectivity index is 1.98. The molecule has 0 atom stereocenters. The van der Waals surface area contributed by atoms with Crippen LogP contribution in [0.2, 0.25) is 5.02 Å². The number of halogens is 1. The molecule has 0 saturated heterocycles. The maximum absolute atomic E-state index is 6.16. The fourth-order valence-corrected chi connectivity index (χ4v) is 2.28. The van der Waals surface area contributed by atoms with Crippen LogP contribution in [0, 0.1) is 0 Å². The monoisotopic (exact) mass is 241 g/mol. The normalized spacial score (nSPS) is 10.9. The minimum Gasteiger partial charge on any atom is -0.358 e. The lowest BCUT2D eigenvalue weighted by Gasteiger charge is -2.01. The fourth-order valence-electron chi connectivity index (χ4n) is 2.08. The third kappa shape index (κ3) is 2.06. The van der Waals surface area contributed by atoms with Gasteiger partial charge >= 0.3 is 0 Å². The van der Waals surface area contributed by atoms with E-state index in [1.54, 1.807) is 0 Å². The highest BCUT2D eigenvalue weighted by Gasteiger charge is 2.03. The molecule has 84 valence electrons. The second-order valence-corrected chi connectivity index (χ2v) is 4.56. The summed E-state index contributed by atoms with van der Waals surface area (Å²) in [5.41, 5.74) is 3.52. The molecule has 0 amide bonds. The zero-order chi connectivity index (χ0) is 11.7. The number of aromatic nitrogens is 1. The molecule has 3 aromatic rings. The van der Waals surface area contributed by atoms with E-state index in [-0.39, 0.29) is 0 Å². The molecule has 1 nitrogen and oxygen atoms in total. The molecule has 2 heteroatoms. The van der Waals surface area contributed by atoms with Crippen molar-refractivity contribution < 1.29 is 0 Å². The zero-order valence-electron chi connectivity index (χ0n) is 9.28. The van der Waals surface area contributed by atoms with E-state index in [1.165, 1.54) is 16.6 Å². The highest BCUT2D eigenvalue weighted by atomic mass is 35.5. The first kappa shape index (κ1) is 10.4. The highest BCUT2D eigenvalue weighted by molar-refractivity contribution is 6.31. The lowest BCUT2D eigenvalue weighted by atomic mass is 10.1. The first-order valence-electron chi connectivity index (χ1n) is 5.63. The summed E-state index contributed by atoms with van der Waals surface area (Å²) in [6.07, 6.45) is 0.842. The first-order chi connectivity index (χ1) is 8.33. The van der Waals surface area contributed by atoms with E-state index >= 15 is 0 Å². The SMILES string of the molecule is Clc1ccccc1Cc1cc2ccccc2[nH]1. The summed E-state index contributed by atoms with van der Waals surface area (Å²) in [5.74, 6) is 0. The van der Waals surface area contributed by atoms with Crippen molar-refractivity contribution in [1.29, 1.82) is 0 Å². The smallest absolute Gasteiger partial charge is 0.0456 e. The minimum absolute atomic E-state index is 0.825. The molecule has 0 fully saturated rings. The molecule has 0 radical (unpaired) electrons. The Morgan fingerprint density at radius 1 is 0.941 bits per heavy atom. The number of rotatable bonds is 2. The van der Waals surface area contributed by atoms with E-state index in [0.717, 1.165) is 17.0 Å². The van der Waals surface area contributed by atoms with Gasteiger partial charge < -0.3 is 4.98 Å². The number of hydrogen-bond acceptors (Lipinski definition) is 0. The fraction of sp³-hybridized carbons (Fsp3) is 0.0667. The third-order valence-corrected chi connectivity index (χ3v) is 3.29. The topological polar surface area (TPSA) is 15.8 Å². The lowest BCUT2D eigenvalue weighted by molar-refractivity contribution is 1.12. The van der Waals surface area contributed by atoms with Gasteiger partial charge in [-0.1, -0.05) is 48.0 Å². The van der Waals surface area contributed by atoms with Gasteiger partial charge in [-0.3, -0.25) is 0 Å². The van der Waals surface area contributed by atoms with Gasteiger partial charge in [0.05, 0.1) is 0 Å². The molecule has 0 aliphatic heterocycles. The predicted octanol–water partition coefficient (Wildman–Crippen LogP) is 4.41. The van der Waals surface area contributed by atoms with Crippen molar-refractivity contribution in [3.8, 4) is 0 Å². The number of hydrogen-bond donors (Lipinski definition) is 1. The van der Waals surface area contributed by atoms with E-state index < -0.39 is 0 Å². The van der Waals surface area contributed by atoms with Crippen LogP contribution >= 0.6 is 11.6 Å². The van der Waals surface area contributed by atoms with Gasteiger partial charge in [0.15, 0.2) is 0 Å². The van der Waals surface area contributed by atoms with E-state index in [9.17, 15) is 0 Å². The molecule has 0 bridgehead atoms. The number of fused-ring (bicyclic) bond motifs is 1. The quantitative estimate of drug-likeness (QED) is 0.684. The van der Waals surface area contributed by atoms with Crippen LogP contribution in [-0.4, -0.2) is 4.98 Å². The van der Waals surface area contributed by atoms with E-state index in [2.05, 4.69) is 35.3 Å². The van der Waals surface area contributed by atoms with Crippen LogP contribution in [0.3, 0.4) is 0 Å². The average Bonchev–Trinajstić information content (AvgIpc) is 2.74. The van der Waals surface area contributed by atoms with Crippen LogP contribution in [0.15, 0.2) is 54.6 Å². The van der Waals surface area contributed by atoms with Crippen LogP contribution in [0.4, 0.5) is 0 Å². The molecular formula is C15H12ClN. The molecule has 1 heterocycles. The van der Waals surface area contributed by atoms with Crippen LogP contribution < -0.4 is 0 Å².